The average molecular weight is 393 g/mol. The predicted molar refractivity (Wildman–Crippen MR) is 95.7 cm³/mol. The standard InChI is InChI=1S/C18H14F3N3O2S/c1-3-14(25)22-8-11-4-6-13(16-17(11)27-10(2)24-16)26-15-7-5-12(9-23-15)18(19,20)21/h3-7,9H,1,8H2,2H3,(H,22,25). The van der Waals surface area contributed by atoms with Crippen molar-refractivity contribution >= 4 is 27.5 Å². The lowest BCUT2D eigenvalue weighted by Gasteiger charge is -2.10. The maximum atomic E-state index is 12.6. The molecule has 27 heavy (non-hydrogen) atoms. The van der Waals surface area contributed by atoms with Gasteiger partial charge in [-0.15, -0.1) is 11.3 Å². The number of ether oxygens (including phenoxy) is 1. The number of thiazole rings is 1. The number of hydrogen-bond donors (Lipinski definition) is 1. The highest BCUT2D eigenvalue weighted by Gasteiger charge is 2.30. The largest absolute Gasteiger partial charge is 0.437 e. The van der Waals surface area contributed by atoms with Crippen molar-refractivity contribution in [2.45, 2.75) is 19.6 Å². The monoisotopic (exact) mass is 393 g/mol. The number of aromatic nitrogens is 2. The summed E-state index contributed by atoms with van der Waals surface area (Å²) >= 11 is 1.43. The van der Waals surface area contributed by atoms with Crippen molar-refractivity contribution in [2.75, 3.05) is 0 Å². The summed E-state index contributed by atoms with van der Waals surface area (Å²) in [6.45, 7) is 5.53. The average Bonchev–Trinajstić information content (AvgIpc) is 3.02. The minimum Gasteiger partial charge on any atom is -0.437 e. The SMILES string of the molecule is C=CC(=O)NCc1ccc(Oc2ccc(C(F)(F)F)cn2)c2nc(C)sc12. The number of carbonyl (C=O) groups is 1. The van der Waals surface area contributed by atoms with E-state index in [1.807, 2.05) is 6.92 Å². The van der Waals surface area contributed by atoms with E-state index >= 15 is 0 Å². The molecule has 0 radical (unpaired) electrons. The summed E-state index contributed by atoms with van der Waals surface area (Å²) in [6.07, 6.45) is -2.55. The van der Waals surface area contributed by atoms with Crippen LogP contribution < -0.4 is 10.1 Å². The van der Waals surface area contributed by atoms with Gasteiger partial charge in [0.2, 0.25) is 11.8 Å². The van der Waals surface area contributed by atoms with Crippen molar-refractivity contribution in [3.05, 3.63) is 59.3 Å². The molecule has 0 saturated carbocycles. The number of rotatable bonds is 5. The van der Waals surface area contributed by atoms with E-state index in [0.29, 0.717) is 17.8 Å². The fourth-order valence-corrected chi connectivity index (χ4v) is 3.29. The lowest BCUT2D eigenvalue weighted by atomic mass is 10.2. The third-order valence-corrected chi connectivity index (χ3v) is 4.66. The number of carbonyl (C=O) groups excluding carboxylic acids is 1. The minimum atomic E-state index is -4.46. The van der Waals surface area contributed by atoms with Crippen LogP contribution in [0.1, 0.15) is 16.1 Å². The molecule has 0 atom stereocenters. The van der Waals surface area contributed by atoms with E-state index in [0.717, 1.165) is 33.6 Å². The lowest BCUT2D eigenvalue weighted by Crippen LogP contribution is -2.19. The van der Waals surface area contributed by atoms with E-state index in [4.69, 9.17) is 4.74 Å². The van der Waals surface area contributed by atoms with Gasteiger partial charge in [-0.05, 0) is 30.7 Å². The fourth-order valence-electron chi connectivity index (χ4n) is 2.34. The Kier molecular flexibility index (Phi) is 5.13. The number of nitrogens with zero attached hydrogens (tertiary/aromatic N) is 2. The highest BCUT2D eigenvalue weighted by Crippen LogP contribution is 2.35. The maximum absolute atomic E-state index is 12.6. The summed E-state index contributed by atoms with van der Waals surface area (Å²) < 4.78 is 44.4. The smallest absolute Gasteiger partial charge is 0.417 e. The quantitative estimate of drug-likeness (QED) is 0.643. The topological polar surface area (TPSA) is 64.1 Å². The van der Waals surface area contributed by atoms with Gasteiger partial charge in [-0.25, -0.2) is 9.97 Å². The van der Waals surface area contributed by atoms with Gasteiger partial charge in [-0.1, -0.05) is 12.6 Å². The summed E-state index contributed by atoms with van der Waals surface area (Å²) in [5, 5.41) is 3.49. The summed E-state index contributed by atoms with van der Waals surface area (Å²) in [7, 11) is 0. The highest BCUT2D eigenvalue weighted by atomic mass is 32.1. The first kappa shape index (κ1) is 18.8. The van der Waals surface area contributed by atoms with Crippen molar-refractivity contribution in [1.82, 2.24) is 15.3 Å². The number of nitrogens with one attached hydrogen (secondary N) is 1. The number of aryl methyl sites for hydroxylation is 1. The van der Waals surface area contributed by atoms with Gasteiger partial charge in [-0.2, -0.15) is 13.2 Å². The normalized spacial score (nSPS) is 11.4. The van der Waals surface area contributed by atoms with E-state index in [-0.39, 0.29) is 11.8 Å². The zero-order valence-electron chi connectivity index (χ0n) is 14.1. The first-order valence-corrected chi connectivity index (χ1v) is 8.60. The maximum Gasteiger partial charge on any atom is 0.417 e. The van der Waals surface area contributed by atoms with Gasteiger partial charge in [-0.3, -0.25) is 4.79 Å². The van der Waals surface area contributed by atoms with Crippen molar-refractivity contribution in [2.24, 2.45) is 0 Å². The van der Waals surface area contributed by atoms with Crippen LogP contribution in [0.4, 0.5) is 13.2 Å². The molecule has 0 aliphatic carbocycles. The summed E-state index contributed by atoms with van der Waals surface area (Å²) in [5.74, 6) is 0.113. The Morgan fingerprint density at radius 2 is 2.11 bits per heavy atom. The Bertz CT molecular complexity index is 997. The molecule has 0 unspecified atom stereocenters. The number of alkyl halides is 3. The van der Waals surface area contributed by atoms with E-state index in [1.165, 1.54) is 17.4 Å². The molecule has 3 rings (SSSR count). The number of hydrogen-bond acceptors (Lipinski definition) is 5. The van der Waals surface area contributed by atoms with Crippen LogP contribution in [-0.4, -0.2) is 15.9 Å². The second-order valence-electron chi connectivity index (χ2n) is 5.54. The third kappa shape index (κ3) is 4.25. The second kappa shape index (κ2) is 7.36. The Hall–Kier alpha value is -2.94. The number of benzene rings is 1. The highest BCUT2D eigenvalue weighted by molar-refractivity contribution is 7.18. The van der Waals surface area contributed by atoms with Gasteiger partial charge in [0.25, 0.3) is 0 Å². The first-order valence-electron chi connectivity index (χ1n) is 7.78. The number of fused-ring (bicyclic) bond motifs is 1. The zero-order chi connectivity index (χ0) is 19.6. The molecule has 0 saturated heterocycles. The van der Waals surface area contributed by atoms with E-state index < -0.39 is 11.7 Å². The molecule has 0 aliphatic rings. The fraction of sp³-hybridized carbons (Fsp3) is 0.167. The van der Waals surface area contributed by atoms with E-state index in [2.05, 4.69) is 21.9 Å². The molecule has 2 heterocycles. The van der Waals surface area contributed by atoms with Gasteiger partial charge in [0.05, 0.1) is 15.3 Å². The molecule has 0 aliphatic heterocycles. The molecule has 140 valence electrons. The van der Waals surface area contributed by atoms with Crippen LogP contribution in [0.25, 0.3) is 10.2 Å². The molecule has 5 nitrogen and oxygen atoms in total. The van der Waals surface area contributed by atoms with Crippen LogP contribution in [0.15, 0.2) is 43.1 Å². The second-order valence-corrected chi connectivity index (χ2v) is 6.74. The Morgan fingerprint density at radius 3 is 2.74 bits per heavy atom. The first-order chi connectivity index (χ1) is 12.8. The number of amides is 1. The lowest BCUT2D eigenvalue weighted by molar-refractivity contribution is -0.137. The van der Waals surface area contributed by atoms with E-state index in [9.17, 15) is 18.0 Å². The van der Waals surface area contributed by atoms with Crippen LogP contribution in [0.2, 0.25) is 0 Å². The molecule has 9 heteroatoms. The van der Waals surface area contributed by atoms with Gasteiger partial charge >= 0.3 is 6.18 Å². The van der Waals surface area contributed by atoms with Crippen LogP contribution in [0, 0.1) is 6.92 Å². The van der Waals surface area contributed by atoms with Gasteiger partial charge in [0.1, 0.15) is 5.52 Å². The van der Waals surface area contributed by atoms with Crippen molar-refractivity contribution < 1.29 is 22.7 Å². The summed E-state index contributed by atoms with van der Waals surface area (Å²) in [6, 6.07) is 5.48. The zero-order valence-corrected chi connectivity index (χ0v) is 14.9. The molecule has 3 aromatic rings. The Morgan fingerprint density at radius 1 is 1.33 bits per heavy atom. The van der Waals surface area contributed by atoms with Crippen molar-refractivity contribution in [3.8, 4) is 11.6 Å². The molecule has 0 fully saturated rings. The molecule has 1 amide bonds. The predicted octanol–water partition coefficient (Wildman–Crippen LogP) is 4.61. The van der Waals surface area contributed by atoms with Gasteiger partial charge in [0.15, 0.2) is 5.75 Å². The third-order valence-electron chi connectivity index (χ3n) is 3.61. The van der Waals surface area contributed by atoms with Crippen LogP contribution in [0.5, 0.6) is 11.6 Å². The van der Waals surface area contributed by atoms with Crippen molar-refractivity contribution in [3.63, 3.8) is 0 Å². The van der Waals surface area contributed by atoms with Gasteiger partial charge in [0, 0.05) is 18.8 Å². The molecule has 1 aromatic carbocycles. The molecule has 0 bridgehead atoms. The Labute approximate surface area is 156 Å². The molecule has 2 aromatic heterocycles. The number of halogens is 3. The number of pyridine rings is 1. The summed E-state index contributed by atoms with van der Waals surface area (Å²) in [4.78, 5) is 19.5. The van der Waals surface area contributed by atoms with Crippen LogP contribution in [-0.2, 0) is 17.5 Å². The molecular weight excluding hydrogens is 379 g/mol. The van der Waals surface area contributed by atoms with Crippen LogP contribution >= 0.6 is 11.3 Å². The minimum absolute atomic E-state index is 0.0302. The van der Waals surface area contributed by atoms with Gasteiger partial charge < -0.3 is 10.1 Å². The van der Waals surface area contributed by atoms with Crippen LogP contribution in [0.3, 0.4) is 0 Å². The molecule has 0 spiro atoms. The summed E-state index contributed by atoms with van der Waals surface area (Å²) in [5.41, 5.74) is 0.556. The molecule has 1 N–H and O–H groups in total. The Balaban J connectivity index is 1.89. The molecular formula is C18H14F3N3O2S. The van der Waals surface area contributed by atoms with Crippen molar-refractivity contribution in [1.29, 1.82) is 0 Å². The van der Waals surface area contributed by atoms with E-state index in [1.54, 1.807) is 12.1 Å².